The molecule has 10 nitrogen and oxygen atoms in total. The van der Waals surface area contributed by atoms with E-state index in [1.165, 1.54) is 12.1 Å². The molecule has 0 bridgehead atoms. The van der Waals surface area contributed by atoms with Crippen molar-refractivity contribution in [2.45, 2.75) is 31.6 Å². The van der Waals surface area contributed by atoms with Crippen molar-refractivity contribution >= 4 is 40.4 Å². The number of amides is 2. The van der Waals surface area contributed by atoms with E-state index in [2.05, 4.69) is 10.6 Å². The second-order valence-electron chi connectivity index (χ2n) is 10.9. The molecule has 14 heteroatoms. The third kappa shape index (κ3) is 8.23. The monoisotopic (exact) mass is 677 g/mol. The zero-order valence-corrected chi connectivity index (χ0v) is 26.1. The number of fused-ring (bicyclic) bond motifs is 1. The van der Waals surface area contributed by atoms with Crippen LogP contribution in [0.5, 0.6) is 11.5 Å². The predicted molar refractivity (Wildman–Crippen MR) is 177 cm³/mol. The molecule has 0 aliphatic heterocycles. The molecule has 1 aromatic heterocycles. The summed E-state index contributed by atoms with van der Waals surface area (Å²) in [5.74, 6) is 0.0933. The molecule has 0 saturated heterocycles. The van der Waals surface area contributed by atoms with Crippen LogP contribution in [0.3, 0.4) is 0 Å². The number of ether oxygens (including phenoxy) is 1. The van der Waals surface area contributed by atoms with E-state index < -0.39 is 29.6 Å². The molecule has 0 radical (unpaired) electrons. The molecule has 5 rings (SSSR count). The van der Waals surface area contributed by atoms with Gasteiger partial charge >= 0.3 is 6.18 Å². The van der Waals surface area contributed by atoms with Crippen molar-refractivity contribution in [3.8, 4) is 22.9 Å². The average molecular weight is 678 g/mol. The minimum absolute atomic E-state index is 0.126. The highest BCUT2D eigenvalue weighted by molar-refractivity contribution is 6.30. The normalized spacial score (nSPS) is 12.0. The number of nitrogens with one attached hydrogen (secondary N) is 3. The summed E-state index contributed by atoms with van der Waals surface area (Å²) in [4.78, 5) is 30.8. The van der Waals surface area contributed by atoms with Crippen LogP contribution in [0.2, 0.25) is 5.02 Å². The molecular formula is C34H31ClF3N7O3. The van der Waals surface area contributed by atoms with Gasteiger partial charge in [-0.05, 0) is 85.1 Å². The van der Waals surface area contributed by atoms with Crippen LogP contribution in [-0.2, 0) is 17.5 Å². The van der Waals surface area contributed by atoms with E-state index in [4.69, 9.17) is 38.2 Å². The molecule has 0 spiro atoms. The fraction of sp³-hybridized carbons (Fsp3) is 0.176. The van der Waals surface area contributed by atoms with Gasteiger partial charge in [-0.15, -0.1) is 0 Å². The summed E-state index contributed by atoms with van der Waals surface area (Å²) < 4.78 is 47.2. The second kappa shape index (κ2) is 14.5. The van der Waals surface area contributed by atoms with Gasteiger partial charge < -0.3 is 31.4 Å². The van der Waals surface area contributed by atoms with Crippen LogP contribution >= 0.6 is 11.6 Å². The van der Waals surface area contributed by atoms with Crippen molar-refractivity contribution in [3.05, 3.63) is 113 Å². The van der Waals surface area contributed by atoms with Gasteiger partial charge in [-0.1, -0.05) is 35.9 Å². The summed E-state index contributed by atoms with van der Waals surface area (Å²) in [7, 11) is 0. The average Bonchev–Trinajstić information content (AvgIpc) is 3.43. The van der Waals surface area contributed by atoms with Gasteiger partial charge in [-0.25, -0.2) is 4.98 Å². The fourth-order valence-electron chi connectivity index (χ4n) is 5.16. The smallest absolute Gasteiger partial charge is 0.416 e. The number of hydrogen-bond acceptors (Lipinski definition) is 5. The van der Waals surface area contributed by atoms with Crippen LogP contribution in [0.1, 0.15) is 40.4 Å². The Balaban J connectivity index is 1.49. The van der Waals surface area contributed by atoms with Gasteiger partial charge in [0.2, 0.25) is 5.91 Å². The zero-order chi connectivity index (χ0) is 34.4. The van der Waals surface area contributed by atoms with Gasteiger partial charge in [0, 0.05) is 29.2 Å². The zero-order valence-electron chi connectivity index (χ0n) is 25.4. The number of alkyl halides is 3. The largest absolute Gasteiger partial charge is 0.457 e. The van der Waals surface area contributed by atoms with Gasteiger partial charge in [0.25, 0.3) is 5.91 Å². The Bertz CT molecular complexity index is 1960. The summed E-state index contributed by atoms with van der Waals surface area (Å²) >= 11 is 6.00. The summed E-state index contributed by atoms with van der Waals surface area (Å²) in [6.07, 6.45) is -3.77. The fourth-order valence-corrected chi connectivity index (χ4v) is 5.28. The molecule has 4 aromatic carbocycles. The molecular weight excluding hydrogens is 647 g/mol. The maximum atomic E-state index is 13.1. The quantitative estimate of drug-likeness (QED) is 0.0584. The summed E-state index contributed by atoms with van der Waals surface area (Å²) in [6.45, 7) is 0.209. The highest BCUT2D eigenvalue weighted by atomic mass is 35.5. The lowest BCUT2D eigenvalue weighted by molar-refractivity contribution is -0.137. The number of guanidine groups is 1. The number of nitrogens with two attached hydrogens (primary N) is 2. The number of rotatable bonds is 12. The van der Waals surface area contributed by atoms with E-state index in [-0.39, 0.29) is 30.1 Å². The molecule has 5 aromatic rings. The van der Waals surface area contributed by atoms with Crippen molar-refractivity contribution in [2.75, 3.05) is 6.54 Å². The minimum Gasteiger partial charge on any atom is -0.457 e. The van der Waals surface area contributed by atoms with E-state index in [1.54, 1.807) is 71.3 Å². The van der Waals surface area contributed by atoms with Gasteiger partial charge in [0.15, 0.2) is 5.96 Å². The Hall–Kier alpha value is -5.56. The lowest BCUT2D eigenvalue weighted by atomic mass is 10.1. The van der Waals surface area contributed by atoms with E-state index in [0.717, 1.165) is 12.1 Å². The molecule has 1 atom stereocenters. The van der Waals surface area contributed by atoms with Crippen LogP contribution in [0.15, 0.2) is 91.0 Å². The predicted octanol–water partition coefficient (Wildman–Crippen LogP) is 6.39. The van der Waals surface area contributed by atoms with Gasteiger partial charge in [0.1, 0.15) is 23.4 Å². The first-order valence-corrected chi connectivity index (χ1v) is 15.1. The van der Waals surface area contributed by atoms with Crippen LogP contribution in [0.4, 0.5) is 13.2 Å². The molecule has 1 heterocycles. The summed E-state index contributed by atoms with van der Waals surface area (Å²) in [6, 6.07) is 22.5. The van der Waals surface area contributed by atoms with Crippen molar-refractivity contribution in [3.63, 3.8) is 0 Å². The lowest BCUT2D eigenvalue weighted by Gasteiger charge is -2.20. The number of aromatic nitrogens is 2. The highest BCUT2D eigenvalue weighted by Gasteiger charge is 2.30. The molecule has 0 aliphatic carbocycles. The molecule has 48 heavy (non-hydrogen) atoms. The first kappa shape index (κ1) is 33.8. The lowest BCUT2D eigenvalue weighted by Crippen LogP contribution is -2.32. The third-order valence-electron chi connectivity index (χ3n) is 7.41. The first-order valence-electron chi connectivity index (χ1n) is 14.8. The Morgan fingerprint density at radius 3 is 2.40 bits per heavy atom. The molecule has 1 unspecified atom stereocenters. The molecule has 0 saturated carbocycles. The van der Waals surface area contributed by atoms with E-state index in [1.807, 2.05) is 0 Å². The molecule has 248 valence electrons. The van der Waals surface area contributed by atoms with Crippen molar-refractivity contribution in [1.82, 2.24) is 20.2 Å². The minimum atomic E-state index is -4.50. The van der Waals surface area contributed by atoms with Crippen molar-refractivity contribution in [1.29, 1.82) is 5.41 Å². The second-order valence-corrected chi connectivity index (χ2v) is 11.3. The number of halogens is 4. The highest BCUT2D eigenvalue weighted by Crippen LogP contribution is 2.34. The van der Waals surface area contributed by atoms with Gasteiger partial charge in [0.05, 0.1) is 16.6 Å². The first-order chi connectivity index (χ1) is 22.9. The SMILES string of the molecule is N=C(N)NCCCC(C(N)=O)n1c(-c2cccc(Oc3ccc(Cl)cc3)c2)nc2cc(C(=O)NCc3cccc(C(F)(F)F)c3)ccc21. The van der Waals surface area contributed by atoms with Crippen LogP contribution < -0.4 is 26.8 Å². The Morgan fingerprint density at radius 2 is 1.69 bits per heavy atom. The summed E-state index contributed by atoms with van der Waals surface area (Å²) in [5.41, 5.74) is 12.5. The number of nitrogens with zero attached hydrogens (tertiary/aromatic N) is 2. The number of benzene rings is 4. The number of primary amides is 1. The summed E-state index contributed by atoms with van der Waals surface area (Å²) in [5, 5.41) is 13.3. The van der Waals surface area contributed by atoms with Crippen LogP contribution in [-0.4, -0.2) is 33.9 Å². The van der Waals surface area contributed by atoms with Gasteiger partial charge in [-0.3, -0.25) is 15.0 Å². The Kier molecular flexibility index (Phi) is 10.2. The van der Waals surface area contributed by atoms with E-state index in [9.17, 15) is 22.8 Å². The molecule has 7 N–H and O–H groups in total. The molecule has 0 fully saturated rings. The van der Waals surface area contributed by atoms with E-state index in [0.29, 0.717) is 51.9 Å². The topological polar surface area (TPSA) is 161 Å². The number of hydrogen-bond donors (Lipinski definition) is 5. The number of imidazole rings is 1. The van der Waals surface area contributed by atoms with Crippen LogP contribution in [0, 0.1) is 5.41 Å². The van der Waals surface area contributed by atoms with Crippen molar-refractivity contribution < 1.29 is 27.5 Å². The molecule has 0 aliphatic rings. The molecule has 2 amide bonds. The standard InChI is InChI=1S/C34H31ClF3N7O3/c35-24-10-12-25(13-11-24)48-26-7-2-5-21(17-26)31-44-27-18-22(32(47)43-19-20-4-1-6-23(16-20)34(36,37)38)9-14-28(27)45(31)29(30(39)46)8-3-15-42-33(40)41/h1-2,4-7,9-14,16-18,29H,3,8,15,19H2,(H2,39,46)(H,43,47)(H4,40,41,42). The van der Waals surface area contributed by atoms with Gasteiger partial charge in [-0.2, -0.15) is 13.2 Å². The number of carbonyl (C=O) groups excluding carboxylic acids is 2. The Morgan fingerprint density at radius 1 is 0.938 bits per heavy atom. The Labute approximate surface area is 278 Å². The number of carbonyl (C=O) groups is 2. The van der Waals surface area contributed by atoms with Crippen LogP contribution in [0.25, 0.3) is 22.4 Å². The maximum Gasteiger partial charge on any atom is 0.416 e. The van der Waals surface area contributed by atoms with Crippen molar-refractivity contribution in [2.24, 2.45) is 11.5 Å². The maximum absolute atomic E-state index is 13.1. The van der Waals surface area contributed by atoms with E-state index >= 15 is 0 Å². The third-order valence-corrected chi connectivity index (χ3v) is 7.66.